The second-order valence-electron chi connectivity index (χ2n) is 7.46. The van der Waals surface area contributed by atoms with Crippen molar-refractivity contribution in [2.45, 2.75) is 12.8 Å². The van der Waals surface area contributed by atoms with Gasteiger partial charge in [-0.1, -0.05) is 0 Å². The van der Waals surface area contributed by atoms with Crippen LogP contribution >= 0.6 is 0 Å². The second-order valence-corrected chi connectivity index (χ2v) is 9.60. The van der Waals surface area contributed by atoms with Gasteiger partial charge in [-0.15, -0.1) is 0 Å². The molecule has 0 atom stereocenters. The Hall–Kier alpha value is -3.07. The van der Waals surface area contributed by atoms with Gasteiger partial charge < -0.3 is 19.6 Å². The van der Waals surface area contributed by atoms with Gasteiger partial charge in [-0.25, -0.2) is 17.6 Å². The minimum atomic E-state index is -3.30. The Bertz CT molecular complexity index is 1210. The fourth-order valence-corrected chi connectivity index (χ4v) is 3.52. The number of hydrogen-bond donors (Lipinski definition) is 2. The topological polar surface area (TPSA) is 106 Å². The summed E-state index contributed by atoms with van der Waals surface area (Å²) in [5.41, 5.74) is 0.991. The van der Waals surface area contributed by atoms with Crippen molar-refractivity contribution in [3.63, 3.8) is 0 Å². The summed E-state index contributed by atoms with van der Waals surface area (Å²) in [7, 11) is -3.30. The summed E-state index contributed by atoms with van der Waals surface area (Å²) >= 11 is 0. The first-order valence-electron chi connectivity index (χ1n) is 9.35. The Balaban J connectivity index is 1.83. The van der Waals surface area contributed by atoms with Crippen molar-refractivity contribution in [3.8, 4) is 17.1 Å². The molecule has 0 bridgehead atoms. The number of furan rings is 1. The highest BCUT2D eigenvalue weighted by Crippen LogP contribution is 2.40. The van der Waals surface area contributed by atoms with E-state index in [2.05, 4.69) is 5.32 Å². The number of fused-ring (bicyclic) bond motifs is 1. The minimum absolute atomic E-state index is 0.0671. The third-order valence-electron chi connectivity index (χ3n) is 4.81. The van der Waals surface area contributed by atoms with Crippen molar-refractivity contribution in [2.75, 3.05) is 24.1 Å². The molecule has 4 rings (SSSR count). The number of sulfone groups is 1. The van der Waals surface area contributed by atoms with E-state index < -0.39 is 21.6 Å². The molecule has 0 amide bonds. The van der Waals surface area contributed by atoms with E-state index in [1.807, 2.05) is 0 Å². The van der Waals surface area contributed by atoms with E-state index in [0.29, 0.717) is 34.9 Å². The third-order valence-corrected chi connectivity index (χ3v) is 5.48. The minimum Gasteiger partial charge on any atom is -0.491 e. The first kappa shape index (κ1) is 20.2. The number of carboxylic acid groups (broad SMARTS) is 1. The van der Waals surface area contributed by atoms with Gasteiger partial charge in [0.25, 0.3) is 0 Å². The molecule has 1 aromatic heterocycles. The van der Waals surface area contributed by atoms with Gasteiger partial charge in [0.1, 0.15) is 34.4 Å². The number of carboxylic acids is 1. The molecule has 0 unspecified atom stereocenters. The van der Waals surface area contributed by atoms with Crippen molar-refractivity contribution < 1.29 is 31.9 Å². The largest absolute Gasteiger partial charge is 0.491 e. The summed E-state index contributed by atoms with van der Waals surface area (Å²) in [6.45, 7) is 0.462. The van der Waals surface area contributed by atoms with Crippen LogP contribution in [-0.4, -0.2) is 38.2 Å². The summed E-state index contributed by atoms with van der Waals surface area (Å²) < 4.78 is 48.1. The molecule has 2 aromatic carbocycles. The highest BCUT2D eigenvalue weighted by Gasteiger charge is 2.26. The lowest BCUT2D eigenvalue weighted by Gasteiger charge is -2.13. The quantitative estimate of drug-likeness (QED) is 0.550. The molecule has 1 fully saturated rings. The zero-order valence-electron chi connectivity index (χ0n) is 16.1. The van der Waals surface area contributed by atoms with Crippen LogP contribution in [0.1, 0.15) is 23.2 Å². The highest BCUT2D eigenvalue weighted by molar-refractivity contribution is 7.90. The molecule has 0 saturated heterocycles. The second kappa shape index (κ2) is 7.64. The van der Waals surface area contributed by atoms with E-state index in [9.17, 15) is 22.7 Å². The van der Waals surface area contributed by atoms with Gasteiger partial charge in [-0.3, -0.25) is 0 Å². The summed E-state index contributed by atoms with van der Waals surface area (Å²) in [6.07, 6.45) is 3.23. The molecule has 158 valence electrons. The van der Waals surface area contributed by atoms with Crippen LogP contribution in [0.25, 0.3) is 22.3 Å². The molecule has 9 heteroatoms. The Labute approximate surface area is 172 Å². The van der Waals surface area contributed by atoms with Crippen LogP contribution in [0.2, 0.25) is 0 Å². The Kier molecular flexibility index (Phi) is 5.15. The van der Waals surface area contributed by atoms with Crippen molar-refractivity contribution >= 4 is 32.5 Å². The molecular formula is C21H20FNO6S. The number of hydrogen-bond acceptors (Lipinski definition) is 6. The molecule has 30 heavy (non-hydrogen) atoms. The van der Waals surface area contributed by atoms with E-state index in [4.69, 9.17) is 9.15 Å². The smallest absolute Gasteiger partial charge is 0.340 e. The lowest BCUT2D eigenvalue weighted by molar-refractivity contribution is 0.0699. The molecule has 1 heterocycles. The van der Waals surface area contributed by atoms with Gasteiger partial charge in [0.15, 0.2) is 9.84 Å². The normalized spacial score (nSPS) is 14.1. The van der Waals surface area contributed by atoms with Gasteiger partial charge in [0.2, 0.25) is 0 Å². The van der Waals surface area contributed by atoms with E-state index in [1.165, 1.54) is 30.3 Å². The monoisotopic (exact) mass is 433 g/mol. The molecular weight excluding hydrogens is 413 g/mol. The molecule has 2 N–H and O–H groups in total. The summed E-state index contributed by atoms with van der Waals surface area (Å²) in [5.74, 6) is -1.07. The van der Waals surface area contributed by atoms with E-state index in [0.717, 1.165) is 19.1 Å². The number of benzene rings is 2. The first-order chi connectivity index (χ1) is 14.2. The van der Waals surface area contributed by atoms with E-state index >= 15 is 0 Å². The lowest BCUT2D eigenvalue weighted by Crippen LogP contribution is -2.13. The van der Waals surface area contributed by atoms with Gasteiger partial charge in [0, 0.05) is 23.3 Å². The maximum atomic E-state index is 13.3. The molecule has 7 nitrogen and oxygen atoms in total. The number of anilines is 1. The van der Waals surface area contributed by atoms with Gasteiger partial charge in [-0.05, 0) is 49.1 Å². The highest BCUT2D eigenvalue weighted by atomic mass is 32.2. The predicted molar refractivity (Wildman–Crippen MR) is 110 cm³/mol. The van der Waals surface area contributed by atoms with Crippen molar-refractivity contribution in [3.05, 3.63) is 47.8 Å². The number of aromatic carboxylic acids is 1. The zero-order chi connectivity index (χ0) is 21.5. The van der Waals surface area contributed by atoms with Crippen molar-refractivity contribution in [1.82, 2.24) is 0 Å². The van der Waals surface area contributed by atoms with Crippen LogP contribution < -0.4 is 10.1 Å². The molecule has 0 radical (unpaired) electrons. The average Bonchev–Trinajstić information content (AvgIpc) is 3.43. The van der Waals surface area contributed by atoms with Gasteiger partial charge in [0.05, 0.1) is 12.3 Å². The maximum Gasteiger partial charge on any atom is 0.340 e. The van der Waals surface area contributed by atoms with E-state index in [1.54, 1.807) is 6.07 Å². The Morgan fingerprint density at radius 2 is 1.97 bits per heavy atom. The van der Waals surface area contributed by atoms with Gasteiger partial charge in [-0.2, -0.15) is 0 Å². The number of carbonyl (C=O) groups is 1. The lowest BCUT2D eigenvalue weighted by atomic mass is 10.0. The standard InChI is InChI=1S/C21H20FNO6S/c1-30(26,27)11-23-16-9-17-15(8-18(16)28-10-12-2-3-12)19(21(24)25)20(29-17)13-4-6-14(22)7-5-13/h4-9,12,23H,2-3,10-11H2,1H3,(H,24,25). The third kappa shape index (κ3) is 4.40. The number of rotatable bonds is 8. The van der Waals surface area contributed by atoms with Crippen LogP contribution in [0.5, 0.6) is 5.75 Å². The first-order valence-corrected chi connectivity index (χ1v) is 11.4. The molecule has 0 aliphatic heterocycles. The Morgan fingerprint density at radius 3 is 2.57 bits per heavy atom. The molecule has 1 aliphatic rings. The average molecular weight is 433 g/mol. The van der Waals surface area contributed by atoms with Crippen LogP contribution in [0, 0.1) is 11.7 Å². The summed E-state index contributed by atoms with van der Waals surface area (Å²) in [6, 6.07) is 8.39. The number of halogens is 1. The number of nitrogens with one attached hydrogen (secondary N) is 1. The maximum absolute atomic E-state index is 13.3. The molecule has 0 spiro atoms. The molecule has 1 saturated carbocycles. The Morgan fingerprint density at radius 1 is 1.27 bits per heavy atom. The van der Waals surface area contributed by atoms with Crippen LogP contribution in [0.15, 0.2) is 40.8 Å². The van der Waals surface area contributed by atoms with Crippen LogP contribution in [0.3, 0.4) is 0 Å². The SMILES string of the molecule is CS(=O)(=O)CNc1cc2oc(-c3ccc(F)cc3)c(C(=O)O)c2cc1OCC1CC1. The predicted octanol–water partition coefficient (Wildman–Crippen LogP) is 4.14. The van der Waals surface area contributed by atoms with E-state index in [-0.39, 0.29) is 22.8 Å². The van der Waals surface area contributed by atoms with Crippen LogP contribution in [-0.2, 0) is 9.84 Å². The van der Waals surface area contributed by atoms with Gasteiger partial charge >= 0.3 is 5.97 Å². The summed E-state index contributed by atoms with van der Waals surface area (Å²) in [5, 5.41) is 12.9. The van der Waals surface area contributed by atoms with Crippen molar-refractivity contribution in [1.29, 1.82) is 0 Å². The summed E-state index contributed by atoms with van der Waals surface area (Å²) in [4.78, 5) is 12.0. The fraction of sp³-hybridized carbons (Fsp3) is 0.286. The van der Waals surface area contributed by atoms with Crippen LogP contribution in [0.4, 0.5) is 10.1 Å². The molecule has 3 aromatic rings. The zero-order valence-corrected chi connectivity index (χ0v) is 17.0. The number of ether oxygens (including phenoxy) is 1. The van der Waals surface area contributed by atoms with Crippen molar-refractivity contribution in [2.24, 2.45) is 5.92 Å². The fourth-order valence-electron chi connectivity index (χ4n) is 3.10. The molecule has 1 aliphatic carbocycles.